The topological polar surface area (TPSA) is 142 Å². The maximum atomic E-state index is 6.19. The molecule has 110 valence electrons. The molecule has 0 aliphatic heterocycles. The van der Waals surface area contributed by atoms with Gasteiger partial charge in [-0.2, -0.15) is 0 Å². The zero-order valence-corrected chi connectivity index (χ0v) is 11.6. The van der Waals surface area contributed by atoms with E-state index in [9.17, 15) is 0 Å². The van der Waals surface area contributed by atoms with Gasteiger partial charge in [-0.25, -0.2) is 0 Å². The molecule has 0 spiro atoms. The van der Waals surface area contributed by atoms with E-state index >= 15 is 0 Å². The van der Waals surface area contributed by atoms with Crippen LogP contribution >= 0.6 is 0 Å². The van der Waals surface area contributed by atoms with Crippen LogP contribution in [0.15, 0.2) is 0 Å². The maximum absolute atomic E-state index is 6.19. The summed E-state index contributed by atoms with van der Waals surface area (Å²) in [6.45, 7) is 4.00. The summed E-state index contributed by atoms with van der Waals surface area (Å²) in [5.74, 6) is 0. The Kier molecular flexibility index (Phi) is 10.5. The summed E-state index contributed by atoms with van der Waals surface area (Å²) in [5.41, 5.74) is 29.0. The monoisotopic (exact) mass is 260 g/mol. The standard InChI is InChI=1S/C12H32N6/c1-9(15)8-18-12(4-6-14)11(17)7-10(16)3-2-5-13/h9-12,18H,2-8,13-17H2,1H3. The average molecular weight is 260 g/mol. The van der Waals surface area contributed by atoms with E-state index in [-0.39, 0.29) is 24.2 Å². The van der Waals surface area contributed by atoms with Crippen LogP contribution in [-0.4, -0.2) is 43.8 Å². The van der Waals surface area contributed by atoms with Gasteiger partial charge in [0.2, 0.25) is 0 Å². The fraction of sp³-hybridized carbons (Fsp3) is 1.00. The third-order valence-corrected chi connectivity index (χ3v) is 3.05. The van der Waals surface area contributed by atoms with Crippen LogP contribution in [0.5, 0.6) is 0 Å². The molecule has 0 aromatic rings. The van der Waals surface area contributed by atoms with Gasteiger partial charge in [-0.05, 0) is 45.7 Å². The Labute approximate surface area is 111 Å². The molecule has 6 heteroatoms. The Morgan fingerprint density at radius 3 is 2.17 bits per heavy atom. The minimum atomic E-state index is 0.0140. The molecule has 0 amide bonds. The molecule has 0 aromatic carbocycles. The highest BCUT2D eigenvalue weighted by Gasteiger charge is 2.19. The fourth-order valence-electron chi connectivity index (χ4n) is 2.00. The van der Waals surface area contributed by atoms with Crippen LogP contribution in [0.3, 0.4) is 0 Å². The van der Waals surface area contributed by atoms with Crippen LogP contribution in [0.25, 0.3) is 0 Å². The summed E-state index contributed by atoms with van der Waals surface area (Å²) in [5, 5.41) is 3.37. The third-order valence-electron chi connectivity index (χ3n) is 3.05. The van der Waals surface area contributed by atoms with E-state index in [1.807, 2.05) is 6.92 Å². The van der Waals surface area contributed by atoms with Gasteiger partial charge in [-0.15, -0.1) is 0 Å². The molecule has 0 aliphatic carbocycles. The molecular formula is C12H32N6. The third kappa shape index (κ3) is 8.79. The predicted octanol–water partition coefficient (Wildman–Crippen LogP) is -1.58. The van der Waals surface area contributed by atoms with Crippen LogP contribution in [-0.2, 0) is 0 Å². The first kappa shape index (κ1) is 17.8. The van der Waals surface area contributed by atoms with E-state index in [4.69, 9.17) is 28.7 Å². The fourth-order valence-corrected chi connectivity index (χ4v) is 2.00. The van der Waals surface area contributed by atoms with Crippen molar-refractivity contribution in [3.8, 4) is 0 Å². The number of nitrogens with one attached hydrogen (secondary N) is 1. The molecule has 0 aromatic heterocycles. The average Bonchev–Trinajstić information content (AvgIpc) is 2.31. The highest BCUT2D eigenvalue weighted by Crippen LogP contribution is 2.06. The van der Waals surface area contributed by atoms with Crippen molar-refractivity contribution < 1.29 is 0 Å². The second-order valence-electron chi connectivity index (χ2n) is 5.16. The minimum absolute atomic E-state index is 0.0140. The summed E-state index contributed by atoms with van der Waals surface area (Å²) >= 11 is 0. The largest absolute Gasteiger partial charge is 0.330 e. The Bertz CT molecular complexity index is 187. The van der Waals surface area contributed by atoms with Crippen molar-refractivity contribution in [1.82, 2.24) is 5.32 Å². The zero-order chi connectivity index (χ0) is 14.0. The van der Waals surface area contributed by atoms with Gasteiger partial charge in [0.1, 0.15) is 0 Å². The molecule has 4 atom stereocenters. The Hall–Kier alpha value is -0.240. The molecule has 6 nitrogen and oxygen atoms in total. The van der Waals surface area contributed by atoms with Gasteiger partial charge in [0.05, 0.1) is 0 Å². The van der Waals surface area contributed by atoms with Crippen LogP contribution in [0, 0.1) is 0 Å². The summed E-state index contributed by atoms with van der Waals surface area (Å²) in [6.07, 6.45) is 3.50. The Morgan fingerprint density at radius 2 is 1.67 bits per heavy atom. The van der Waals surface area contributed by atoms with E-state index in [1.54, 1.807) is 0 Å². The maximum Gasteiger partial charge on any atom is 0.0232 e. The molecule has 4 unspecified atom stereocenters. The van der Waals surface area contributed by atoms with Crippen molar-refractivity contribution >= 4 is 0 Å². The van der Waals surface area contributed by atoms with Crippen molar-refractivity contribution in [2.24, 2.45) is 28.7 Å². The SMILES string of the molecule is CC(N)CNC(CCN)C(N)CC(N)CCCN. The lowest BCUT2D eigenvalue weighted by Gasteiger charge is -2.27. The number of nitrogens with two attached hydrogens (primary N) is 5. The summed E-state index contributed by atoms with van der Waals surface area (Å²) in [4.78, 5) is 0. The lowest BCUT2D eigenvalue weighted by Crippen LogP contribution is -2.51. The summed E-state index contributed by atoms with van der Waals surface area (Å²) < 4.78 is 0. The van der Waals surface area contributed by atoms with Crippen LogP contribution < -0.4 is 34.0 Å². The van der Waals surface area contributed by atoms with Crippen LogP contribution in [0.2, 0.25) is 0 Å². The normalized spacial score (nSPS) is 18.3. The zero-order valence-electron chi connectivity index (χ0n) is 11.6. The molecular weight excluding hydrogens is 228 g/mol. The van der Waals surface area contributed by atoms with Crippen molar-refractivity contribution in [3.05, 3.63) is 0 Å². The van der Waals surface area contributed by atoms with Gasteiger partial charge >= 0.3 is 0 Å². The van der Waals surface area contributed by atoms with Gasteiger partial charge in [-0.3, -0.25) is 0 Å². The van der Waals surface area contributed by atoms with E-state index < -0.39 is 0 Å². The predicted molar refractivity (Wildman–Crippen MR) is 78.0 cm³/mol. The molecule has 18 heavy (non-hydrogen) atoms. The van der Waals surface area contributed by atoms with Gasteiger partial charge in [0, 0.05) is 30.7 Å². The Morgan fingerprint density at radius 1 is 1.00 bits per heavy atom. The van der Waals surface area contributed by atoms with Gasteiger partial charge in [0.25, 0.3) is 0 Å². The van der Waals surface area contributed by atoms with Crippen LogP contribution in [0.4, 0.5) is 0 Å². The van der Waals surface area contributed by atoms with Gasteiger partial charge in [0.15, 0.2) is 0 Å². The molecule has 0 aliphatic rings. The molecule has 0 bridgehead atoms. The van der Waals surface area contributed by atoms with Crippen molar-refractivity contribution in [2.75, 3.05) is 19.6 Å². The molecule has 0 radical (unpaired) electrons. The van der Waals surface area contributed by atoms with Crippen molar-refractivity contribution in [3.63, 3.8) is 0 Å². The summed E-state index contributed by atoms with van der Waals surface area (Å²) in [6, 6.07) is 0.425. The lowest BCUT2D eigenvalue weighted by atomic mass is 9.96. The highest BCUT2D eigenvalue weighted by molar-refractivity contribution is 4.84. The molecule has 0 fully saturated rings. The number of hydrogen-bond acceptors (Lipinski definition) is 6. The van der Waals surface area contributed by atoms with E-state index in [2.05, 4.69) is 5.32 Å². The van der Waals surface area contributed by atoms with Crippen molar-refractivity contribution in [1.29, 1.82) is 0 Å². The molecule has 0 rings (SSSR count). The molecule has 0 heterocycles. The first-order valence-electron chi connectivity index (χ1n) is 6.91. The molecule has 0 saturated heterocycles. The van der Waals surface area contributed by atoms with Gasteiger partial charge in [-0.1, -0.05) is 0 Å². The lowest BCUT2D eigenvalue weighted by molar-refractivity contribution is 0.360. The molecule has 11 N–H and O–H groups in total. The first-order chi connectivity index (χ1) is 8.51. The number of hydrogen-bond donors (Lipinski definition) is 6. The quantitative estimate of drug-likeness (QED) is 0.265. The first-order valence-corrected chi connectivity index (χ1v) is 6.91. The smallest absolute Gasteiger partial charge is 0.0232 e. The van der Waals surface area contributed by atoms with E-state index in [0.29, 0.717) is 13.1 Å². The van der Waals surface area contributed by atoms with Gasteiger partial charge < -0.3 is 34.0 Å². The Balaban J connectivity index is 4.06. The van der Waals surface area contributed by atoms with E-state index in [0.717, 1.165) is 32.2 Å². The molecule has 0 saturated carbocycles. The number of rotatable bonds is 11. The second kappa shape index (κ2) is 10.7. The second-order valence-corrected chi connectivity index (χ2v) is 5.16. The van der Waals surface area contributed by atoms with Crippen LogP contribution in [0.1, 0.15) is 32.6 Å². The minimum Gasteiger partial charge on any atom is -0.330 e. The summed E-state index contributed by atoms with van der Waals surface area (Å²) in [7, 11) is 0. The van der Waals surface area contributed by atoms with Crippen molar-refractivity contribution in [2.45, 2.75) is 56.8 Å². The highest BCUT2D eigenvalue weighted by atomic mass is 15.0. The van der Waals surface area contributed by atoms with E-state index in [1.165, 1.54) is 0 Å².